The van der Waals surface area contributed by atoms with Crippen LogP contribution in [0.2, 0.25) is 0 Å². The molecule has 5 rings (SSSR count). The van der Waals surface area contributed by atoms with E-state index in [1.165, 1.54) is 31.0 Å². The Morgan fingerprint density at radius 2 is 1.85 bits per heavy atom. The van der Waals surface area contributed by atoms with Crippen LogP contribution in [0.3, 0.4) is 0 Å². The van der Waals surface area contributed by atoms with Gasteiger partial charge in [0.2, 0.25) is 11.7 Å². The maximum atomic E-state index is 13.4. The van der Waals surface area contributed by atoms with Gasteiger partial charge in [-0.25, -0.2) is 29.6 Å². The minimum Gasteiger partial charge on any atom is -0.481 e. The lowest BCUT2D eigenvalue weighted by Gasteiger charge is -2.09. The zero-order valence-electron chi connectivity index (χ0n) is 17.3. The van der Waals surface area contributed by atoms with Crippen molar-refractivity contribution in [1.82, 2.24) is 39.7 Å². The molecule has 0 amide bonds. The van der Waals surface area contributed by atoms with Crippen molar-refractivity contribution in [3.63, 3.8) is 0 Å². The van der Waals surface area contributed by atoms with Gasteiger partial charge in [0.15, 0.2) is 11.6 Å². The van der Waals surface area contributed by atoms with Crippen molar-refractivity contribution in [3.8, 4) is 34.5 Å². The molecule has 0 aliphatic rings. The Balaban J connectivity index is 1.71. The fourth-order valence-electron chi connectivity index (χ4n) is 3.28. The summed E-state index contributed by atoms with van der Waals surface area (Å²) in [4.78, 5) is 23.1. The molecule has 0 radical (unpaired) electrons. The van der Waals surface area contributed by atoms with E-state index in [4.69, 9.17) is 4.74 Å². The van der Waals surface area contributed by atoms with Crippen molar-refractivity contribution in [2.75, 3.05) is 7.11 Å². The summed E-state index contributed by atoms with van der Waals surface area (Å²) in [6, 6.07) is 10.1. The lowest BCUT2D eigenvalue weighted by molar-refractivity contribution is -0.145. The summed E-state index contributed by atoms with van der Waals surface area (Å²) < 4.78 is 46.5. The van der Waals surface area contributed by atoms with Gasteiger partial charge in [-0.2, -0.15) is 13.2 Å². The molecule has 166 valence electrons. The number of alkyl halides is 3. The molecule has 4 aromatic heterocycles. The van der Waals surface area contributed by atoms with Gasteiger partial charge in [-0.1, -0.05) is 0 Å². The second kappa shape index (κ2) is 7.65. The van der Waals surface area contributed by atoms with Gasteiger partial charge in [-0.05, 0) is 37.3 Å². The smallest absolute Gasteiger partial charge is 0.451 e. The summed E-state index contributed by atoms with van der Waals surface area (Å²) in [5, 5.41) is 4.54. The van der Waals surface area contributed by atoms with Crippen molar-refractivity contribution < 1.29 is 17.9 Å². The Morgan fingerprint density at radius 3 is 2.58 bits per heavy atom. The number of pyridine rings is 1. The molecule has 0 aliphatic carbocycles. The molecule has 0 spiro atoms. The lowest BCUT2D eigenvalue weighted by atomic mass is 10.2. The monoisotopic (exact) mass is 452 g/mol. The fraction of sp³-hybridized carbons (Fsp3) is 0.143. The van der Waals surface area contributed by atoms with Crippen molar-refractivity contribution in [2.24, 2.45) is 0 Å². The largest absolute Gasteiger partial charge is 0.481 e. The molecular formula is C21H15F3N8O. The van der Waals surface area contributed by atoms with Crippen molar-refractivity contribution in [3.05, 3.63) is 60.4 Å². The first kappa shape index (κ1) is 20.5. The van der Waals surface area contributed by atoms with Crippen LogP contribution < -0.4 is 4.74 Å². The van der Waals surface area contributed by atoms with E-state index in [0.717, 1.165) is 11.0 Å². The number of nitrogens with one attached hydrogen (secondary N) is 1. The van der Waals surface area contributed by atoms with Crippen LogP contribution >= 0.6 is 0 Å². The number of hydrogen-bond donors (Lipinski definition) is 1. The quantitative estimate of drug-likeness (QED) is 0.439. The molecule has 12 heteroatoms. The van der Waals surface area contributed by atoms with Gasteiger partial charge in [-0.3, -0.25) is 0 Å². The standard InChI is InChI=1S/C21H15F3N8O/c1-11-7-16(29-20(28-11)21(22,23)24)19-30-18(12-3-5-14-15(8-12)27-10-26-14)31-32(19)13-4-6-17(33-2)25-9-13/h3-10H,1-2H3,(H,26,27). The van der Waals surface area contributed by atoms with Gasteiger partial charge in [0.05, 0.1) is 36.4 Å². The number of rotatable bonds is 4. The third-order valence-corrected chi connectivity index (χ3v) is 4.80. The molecule has 33 heavy (non-hydrogen) atoms. The van der Waals surface area contributed by atoms with E-state index in [0.29, 0.717) is 23.0 Å². The molecule has 5 aromatic rings. The Morgan fingerprint density at radius 1 is 1.00 bits per heavy atom. The maximum absolute atomic E-state index is 13.4. The Bertz CT molecular complexity index is 1460. The molecule has 1 aromatic carbocycles. The Kier molecular flexibility index (Phi) is 4.77. The van der Waals surface area contributed by atoms with Gasteiger partial charge >= 0.3 is 6.18 Å². The lowest BCUT2D eigenvalue weighted by Crippen LogP contribution is -2.13. The van der Waals surface area contributed by atoms with Crippen LogP contribution in [0.1, 0.15) is 11.5 Å². The number of benzene rings is 1. The molecule has 0 unspecified atom stereocenters. The van der Waals surface area contributed by atoms with Crippen LogP contribution in [0, 0.1) is 6.92 Å². The highest BCUT2D eigenvalue weighted by Crippen LogP contribution is 2.30. The highest BCUT2D eigenvalue weighted by Gasteiger charge is 2.35. The van der Waals surface area contributed by atoms with E-state index in [2.05, 4.69) is 35.0 Å². The van der Waals surface area contributed by atoms with E-state index in [1.54, 1.807) is 30.6 Å². The fourth-order valence-corrected chi connectivity index (χ4v) is 3.28. The van der Waals surface area contributed by atoms with Gasteiger partial charge in [0.1, 0.15) is 5.69 Å². The van der Waals surface area contributed by atoms with Crippen LogP contribution in [0.4, 0.5) is 13.2 Å². The van der Waals surface area contributed by atoms with Gasteiger partial charge in [0.25, 0.3) is 0 Å². The topological polar surface area (TPSA) is 107 Å². The van der Waals surface area contributed by atoms with Crippen LogP contribution in [-0.4, -0.2) is 46.8 Å². The normalized spacial score (nSPS) is 11.8. The molecule has 0 saturated heterocycles. The molecule has 0 aliphatic heterocycles. The van der Waals surface area contributed by atoms with E-state index >= 15 is 0 Å². The summed E-state index contributed by atoms with van der Waals surface area (Å²) in [5.41, 5.74) is 2.78. The minimum absolute atomic E-state index is 0.0213. The summed E-state index contributed by atoms with van der Waals surface area (Å²) in [5.74, 6) is -0.470. The zero-order valence-corrected chi connectivity index (χ0v) is 17.3. The first-order valence-electron chi connectivity index (χ1n) is 9.66. The van der Waals surface area contributed by atoms with Crippen LogP contribution in [0.15, 0.2) is 48.9 Å². The molecule has 4 heterocycles. The van der Waals surface area contributed by atoms with Crippen molar-refractivity contribution in [2.45, 2.75) is 13.1 Å². The summed E-state index contributed by atoms with van der Waals surface area (Å²) in [6.07, 6.45) is -1.66. The van der Waals surface area contributed by atoms with E-state index in [1.807, 2.05) is 6.07 Å². The number of H-pyrrole nitrogens is 1. The van der Waals surface area contributed by atoms with E-state index in [-0.39, 0.29) is 17.2 Å². The van der Waals surface area contributed by atoms with Crippen LogP contribution in [0.25, 0.3) is 39.6 Å². The number of halogens is 3. The highest BCUT2D eigenvalue weighted by molar-refractivity contribution is 5.80. The number of nitrogens with zero attached hydrogens (tertiary/aromatic N) is 7. The van der Waals surface area contributed by atoms with Crippen LogP contribution in [-0.2, 0) is 6.18 Å². The number of hydrogen-bond acceptors (Lipinski definition) is 7. The average molecular weight is 452 g/mol. The predicted octanol–water partition coefficient (Wildman–Crippen LogP) is 4.00. The number of ether oxygens (including phenoxy) is 1. The van der Waals surface area contributed by atoms with Crippen molar-refractivity contribution >= 4 is 11.0 Å². The molecule has 0 bridgehead atoms. The first-order chi connectivity index (χ1) is 15.8. The summed E-state index contributed by atoms with van der Waals surface area (Å²) in [6.45, 7) is 1.46. The molecule has 1 N–H and O–H groups in total. The average Bonchev–Trinajstić information content (AvgIpc) is 3.45. The second-order valence-electron chi connectivity index (χ2n) is 7.08. The third-order valence-electron chi connectivity index (χ3n) is 4.80. The predicted molar refractivity (Wildman–Crippen MR) is 112 cm³/mol. The van der Waals surface area contributed by atoms with Crippen LogP contribution in [0.5, 0.6) is 5.88 Å². The van der Waals surface area contributed by atoms with Gasteiger partial charge in [-0.15, -0.1) is 5.10 Å². The minimum atomic E-state index is -4.71. The third kappa shape index (κ3) is 3.86. The number of aryl methyl sites for hydroxylation is 1. The Labute approximate surface area is 184 Å². The Hall–Kier alpha value is -4.35. The summed E-state index contributed by atoms with van der Waals surface area (Å²) in [7, 11) is 1.48. The number of fused-ring (bicyclic) bond motifs is 1. The zero-order chi connectivity index (χ0) is 23.2. The SMILES string of the molecule is COc1ccc(-n2nc(-c3ccc4nc[nH]c4c3)nc2-c2cc(C)nc(C(F)(F)F)n2)cn1. The molecular weight excluding hydrogens is 437 g/mol. The van der Waals surface area contributed by atoms with Gasteiger partial charge in [0, 0.05) is 17.3 Å². The number of aromatic amines is 1. The van der Waals surface area contributed by atoms with Gasteiger partial charge < -0.3 is 9.72 Å². The maximum Gasteiger partial charge on any atom is 0.451 e. The molecule has 0 saturated carbocycles. The highest BCUT2D eigenvalue weighted by atomic mass is 19.4. The number of imidazole rings is 1. The van der Waals surface area contributed by atoms with E-state index < -0.39 is 12.0 Å². The number of aromatic nitrogens is 8. The number of methoxy groups -OCH3 is 1. The van der Waals surface area contributed by atoms with E-state index in [9.17, 15) is 13.2 Å². The molecule has 9 nitrogen and oxygen atoms in total. The second-order valence-corrected chi connectivity index (χ2v) is 7.08. The molecule has 0 atom stereocenters. The van der Waals surface area contributed by atoms with Crippen molar-refractivity contribution in [1.29, 1.82) is 0 Å². The summed E-state index contributed by atoms with van der Waals surface area (Å²) >= 11 is 0. The molecule has 0 fully saturated rings. The first-order valence-corrected chi connectivity index (χ1v) is 9.66.